The summed E-state index contributed by atoms with van der Waals surface area (Å²) in [5.41, 5.74) is 7.64. The number of hydrogen-bond acceptors (Lipinski definition) is 5. The third-order valence-corrected chi connectivity index (χ3v) is 6.16. The molecule has 2 heterocycles. The predicted molar refractivity (Wildman–Crippen MR) is 109 cm³/mol. The topological polar surface area (TPSA) is 103 Å². The van der Waals surface area contributed by atoms with Gasteiger partial charge in [0.05, 0.1) is 11.4 Å². The molecule has 9 heteroatoms. The zero-order chi connectivity index (χ0) is 20.3. The summed E-state index contributed by atoms with van der Waals surface area (Å²) in [7, 11) is 0. The van der Waals surface area contributed by atoms with Crippen molar-refractivity contribution in [3.05, 3.63) is 35.4 Å². The van der Waals surface area contributed by atoms with E-state index in [0.717, 1.165) is 5.56 Å². The van der Waals surface area contributed by atoms with E-state index >= 15 is 0 Å². The number of nitrogens with one attached hydrogen (secondary N) is 4. The Morgan fingerprint density at radius 2 is 1.96 bits per heavy atom. The van der Waals surface area contributed by atoms with Crippen molar-refractivity contribution in [1.29, 1.82) is 0 Å². The second-order valence-electron chi connectivity index (χ2n) is 7.47. The molecule has 3 amide bonds. The van der Waals surface area contributed by atoms with Crippen LogP contribution in [-0.4, -0.2) is 59.2 Å². The molecular formula is C19H26BrN5O3. The highest BCUT2D eigenvalue weighted by Crippen LogP contribution is 2.21. The largest absolute Gasteiger partial charge is 0.353 e. The van der Waals surface area contributed by atoms with Gasteiger partial charge >= 0.3 is 0 Å². The molecule has 0 aliphatic carbocycles. The van der Waals surface area contributed by atoms with Gasteiger partial charge in [-0.05, 0) is 23.6 Å². The van der Waals surface area contributed by atoms with Crippen molar-refractivity contribution in [2.24, 2.45) is 5.92 Å². The molecule has 0 saturated carbocycles. The Balaban J connectivity index is 1.52. The average Bonchev–Trinajstić information content (AvgIpc) is 3.07. The number of piperazine rings is 1. The minimum Gasteiger partial charge on any atom is -0.353 e. The Morgan fingerprint density at radius 3 is 2.57 bits per heavy atom. The fraction of sp³-hybridized carbons (Fsp3) is 0.526. The predicted octanol–water partition coefficient (Wildman–Crippen LogP) is 0.139. The molecule has 2 aliphatic heterocycles. The summed E-state index contributed by atoms with van der Waals surface area (Å²) in [5, 5.41) is 5.63. The molecule has 0 spiro atoms. The van der Waals surface area contributed by atoms with Crippen molar-refractivity contribution >= 4 is 33.7 Å². The molecule has 3 unspecified atom stereocenters. The van der Waals surface area contributed by atoms with E-state index in [1.807, 2.05) is 12.1 Å². The summed E-state index contributed by atoms with van der Waals surface area (Å²) < 4.78 is 0. The van der Waals surface area contributed by atoms with Crippen molar-refractivity contribution in [1.82, 2.24) is 26.4 Å². The van der Waals surface area contributed by atoms with E-state index in [0.29, 0.717) is 31.1 Å². The van der Waals surface area contributed by atoms with E-state index in [9.17, 15) is 14.4 Å². The lowest BCUT2D eigenvalue weighted by atomic mass is 9.99. The summed E-state index contributed by atoms with van der Waals surface area (Å²) in [6.45, 7) is 5.66. The normalized spacial score (nSPS) is 24.9. The van der Waals surface area contributed by atoms with Crippen molar-refractivity contribution in [2.75, 3.05) is 19.6 Å². The number of nitrogens with zero attached hydrogens (tertiary/aromatic N) is 1. The fourth-order valence-corrected chi connectivity index (χ4v) is 4.47. The maximum Gasteiger partial charge on any atom is 0.254 e. The standard InChI is InChI=1S/C19H26BrN5O3/c1-11(2)16-15(20)17(24-23-16)18(27)22-9-12-3-5-13(6-4-12)19(28)25-8-7-21-14(26)10-25/h3-6,11,15-17,23-24H,7-10H2,1-2H3,(H,21,26)(H,22,27). The number of alkyl halides is 1. The Morgan fingerprint density at radius 1 is 1.25 bits per heavy atom. The molecule has 8 nitrogen and oxygen atoms in total. The molecular weight excluding hydrogens is 426 g/mol. The van der Waals surface area contributed by atoms with Gasteiger partial charge in [-0.1, -0.05) is 41.9 Å². The minimum atomic E-state index is -0.349. The first-order valence-electron chi connectivity index (χ1n) is 9.44. The summed E-state index contributed by atoms with van der Waals surface area (Å²) >= 11 is 3.61. The monoisotopic (exact) mass is 451 g/mol. The first kappa shape index (κ1) is 20.8. The molecule has 0 bridgehead atoms. The van der Waals surface area contributed by atoms with Crippen LogP contribution in [0.4, 0.5) is 0 Å². The fourth-order valence-electron chi connectivity index (χ4n) is 3.36. The van der Waals surface area contributed by atoms with Gasteiger partial charge in [0.1, 0.15) is 6.04 Å². The smallest absolute Gasteiger partial charge is 0.254 e. The number of hydrazine groups is 1. The Kier molecular flexibility index (Phi) is 6.69. The minimum absolute atomic E-state index is 0.00856. The van der Waals surface area contributed by atoms with Crippen LogP contribution < -0.4 is 21.5 Å². The first-order chi connectivity index (χ1) is 13.4. The summed E-state index contributed by atoms with van der Waals surface area (Å²) in [6.07, 6.45) is 0. The van der Waals surface area contributed by atoms with Crippen LogP contribution in [0.3, 0.4) is 0 Å². The number of halogens is 1. The Bertz CT molecular complexity index is 740. The van der Waals surface area contributed by atoms with Crippen molar-refractivity contribution in [3.63, 3.8) is 0 Å². The number of amides is 3. The lowest BCUT2D eigenvalue weighted by molar-refractivity contribution is -0.123. The molecule has 3 atom stereocenters. The lowest BCUT2D eigenvalue weighted by Gasteiger charge is -2.26. The van der Waals surface area contributed by atoms with Crippen LogP contribution in [-0.2, 0) is 16.1 Å². The molecule has 0 aromatic heterocycles. The quantitative estimate of drug-likeness (QED) is 0.476. The summed E-state index contributed by atoms with van der Waals surface area (Å²) in [4.78, 5) is 37.9. The van der Waals surface area contributed by atoms with Gasteiger partial charge < -0.3 is 15.5 Å². The first-order valence-corrected chi connectivity index (χ1v) is 10.4. The van der Waals surface area contributed by atoms with E-state index in [2.05, 4.69) is 51.3 Å². The van der Waals surface area contributed by atoms with Gasteiger partial charge in [0.15, 0.2) is 0 Å². The third-order valence-electron chi connectivity index (χ3n) is 5.06. The van der Waals surface area contributed by atoms with E-state index in [1.165, 1.54) is 4.90 Å². The molecule has 28 heavy (non-hydrogen) atoms. The lowest BCUT2D eigenvalue weighted by Crippen LogP contribution is -2.49. The third kappa shape index (κ3) is 4.71. The highest BCUT2D eigenvalue weighted by Gasteiger charge is 2.39. The number of hydrogen-bond donors (Lipinski definition) is 4. The van der Waals surface area contributed by atoms with Crippen molar-refractivity contribution < 1.29 is 14.4 Å². The van der Waals surface area contributed by atoms with Gasteiger partial charge in [0.2, 0.25) is 11.8 Å². The molecule has 3 rings (SSSR count). The summed E-state index contributed by atoms with van der Waals surface area (Å²) in [6, 6.07) is 6.93. The zero-order valence-corrected chi connectivity index (χ0v) is 17.6. The van der Waals surface area contributed by atoms with E-state index in [1.54, 1.807) is 12.1 Å². The van der Waals surface area contributed by atoms with Gasteiger partial charge in [-0.3, -0.25) is 19.8 Å². The second kappa shape index (κ2) is 9.02. The van der Waals surface area contributed by atoms with Crippen LogP contribution in [0.1, 0.15) is 29.8 Å². The molecule has 1 aromatic rings. The SMILES string of the molecule is CC(C)C1NNC(C(=O)NCc2ccc(C(=O)N3CCNC(=O)C3)cc2)C1Br. The van der Waals surface area contributed by atoms with Crippen LogP contribution >= 0.6 is 15.9 Å². The Hall–Kier alpha value is -1.97. The average molecular weight is 452 g/mol. The second-order valence-corrected chi connectivity index (χ2v) is 8.53. The van der Waals surface area contributed by atoms with E-state index in [4.69, 9.17) is 0 Å². The van der Waals surface area contributed by atoms with Crippen LogP contribution in [0, 0.1) is 5.92 Å². The maximum atomic E-state index is 12.5. The molecule has 1 aromatic carbocycles. The van der Waals surface area contributed by atoms with Crippen LogP contribution in [0.15, 0.2) is 24.3 Å². The van der Waals surface area contributed by atoms with Crippen molar-refractivity contribution in [3.8, 4) is 0 Å². The molecule has 0 radical (unpaired) electrons. The van der Waals surface area contributed by atoms with E-state index < -0.39 is 0 Å². The van der Waals surface area contributed by atoms with Crippen LogP contribution in [0.2, 0.25) is 0 Å². The molecule has 152 valence electrons. The van der Waals surface area contributed by atoms with Crippen LogP contribution in [0.5, 0.6) is 0 Å². The van der Waals surface area contributed by atoms with Gasteiger partial charge in [-0.25, -0.2) is 5.43 Å². The number of carbonyl (C=O) groups is 3. The Labute approximate surface area is 172 Å². The van der Waals surface area contributed by atoms with Crippen molar-refractivity contribution in [2.45, 2.75) is 37.3 Å². The van der Waals surface area contributed by atoms with Gasteiger partial charge in [-0.2, -0.15) is 0 Å². The number of carbonyl (C=O) groups excluding carboxylic acids is 3. The molecule has 2 aliphatic rings. The van der Waals surface area contributed by atoms with Gasteiger partial charge in [0, 0.05) is 31.2 Å². The van der Waals surface area contributed by atoms with Gasteiger partial charge in [-0.15, -0.1) is 0 Å². The van der Waals surface area contributed by atoms with E-state index in [-0.39, 0.29) is 41.2 Å². The maximum absolute atomic E-state index is 12.5. The number of rotatable bonds is 5. The summed E-state index contributed by atoms with van der Waals surface area (Å²) in [5.74, 6) is 0.00927. The van der Waals surface area contributed by atoms with Gasteiger partial charge in [0.25, 0.3) is 5.91 Å². The highest BCUT2D eigenvalue weighted by molar-refractivity contribution is 9.09. The molecule has 2 fully saturated rings. The van der Waals surface area contributed by atoms with Crippen LogP contribution in [0.25, 0.3) is 0 Å². The molecule has 4 N–H and O–H groups in total. The molecule has 2 saturated heterocycles. The number of benzene rings is 1. The zero-order valence-electron chi connectivity index (χ0n) is 16.0. The highest BCUT2D eigenvalue weighted by atomic mass is 79.9.